The van der Waals surface area contributed by atoms with Crippen molar-refractivity contribution in [3.8, 4) is 0 Å². The van der Waals surface area contributed by atoms with Crippen LogP contribution in [-0.4, -0.2) is 30.7 Å². The third-order valence-electron chi connectivity index (χ3n) is 3.81. The van der Waals surface area contributed by atoms with Gasteiger partial charge >= 0.3 is 0 Å². The third-order valence-corrected chi connectivity index (χ3v) is 5.77. The van der Waals surface area contributed by atoms with Gasteiger partial charge in [-0.15, -0.1) is 0 Å². The van der Waals surface area contributed by atoms with Crippen molar-refractivity contribution < 1.29 is 13.3 Å². The molecular weight excluding hydrogens is 280 g/mol. The van der Waals surface area contributed by atoms with Gasteiger partial charge in [0.15, 0.2) is 4.90 Å². The van der Waals surface area contributed by atoms with Crippen molar-refractivity contribution in [3.63, 3.8) is 0 Å². The molecule has 0 saturated heterocycles. The number of nitro benzene ring substituents is 1. The van der Waals surface area contributed by atoms with E-state index in [2.05, 4.69) is 0 Å². The lowest BCUT2D eigenvalue weighted by molar-refractivity contribution is -0.387. The molecule has 1 aliphatic rings. The van der Waals surface area contributed by atoms with Crippen LogP contribution in [0.1, 0.15) is 32.1 Å². The molecule has 110 valence electrons. The predicted molar refractivity (Wildman–Crippen MR) is 74.9 cm³/mol. The van der Waals surface area contributed by atoms with E-state index in [1.165, 1.54) is 35.6 Å². The van der Waals surface area contributed by atoms with Crippen LogP contribution in [0.5, 0.6) is 0 Å². The van der Waals surface area contributed by atoms with E-state index in [-0.39, 0.29) is 16.6 Å². The maximum absolute atomic E-state index is 12.6. The molecule has 0 heterocycles. The van der Waals surface area contributed by atoms with Gasteiger partial charge in [-0.1, -0.05) is 31.4 Å². The van der Waals surface area contributed by atoms with E-state index in [4.69, 9.17) is 0 Å². The number of benzene rings is 1. The molecule has 2 rings (SSSR count). The van der Waals surface area contributed by atoms with Crippen LogP contribution < -0.4 is 0 Å². The molecule has 1 aliphatic carbocycles. The Hall–Kier alpha value is -1.47. The monoisotopic (exact) mass is 298 g/mol. The van der Waals surface area contributed by atoms with Gasteiger partial charge in [0.05, 0.1) is 4.92 Å². The minimum absolute atomic E-state index is 0.0615. The average Bonchev–Trinajstić information content (AvgIpc) is 2.47. The summed E-state index contributed by atoms with van der Waals surface area (Å²) in [5, 5.41) is 11.0. The molecule has 1 saturated carbocycles. The van der Waals surface area contributed by atoms with E-state index < -0.39 is 14.9 Å². The topological polar surface area (TPSA) is 80.5 Å². The highest BCUT2D eigenvalue weighted by Crippen LogP contribution is 2.30. The first-order chi connectivity index (χ1) is 9.44. The van der Waals surface area contributed by atoms with Gasteiger partial charge in [-0.2, -0.15) is 4.31 Å². The van der Waals surface area contributed by atoms with Crippen LogP contribution in [0.15, 0.2) is 29.2 Å². The molecule has 0 radical (unpaired) electrons. The maximum Gasteiger partial charge on any atom is 0.289 e. The Kier molecular flexibility index (Phi) is 4.39. The number of nitrogens with zero attached hydrogens (tertiary/aromatic N) is 2. The zero-order chi connectivity index (χ0) is 14.8. The van der Waals surface area contributed by atoms with Crippen molar-refractivity contribution >= 4 is 15.7 Å². The number of rotatable bonds is 4. The van der Waals surface area contributed by atoms with E-state index in [9.17, 15) is 18.5 Å². The van der Waals surface area contributed by atoms with Crippen LogP contribution in [-0.2, 0) is 10.0 Å². The van der Waals surface area contributed by atoms with Gasteiger partial charge in [0.1, 0.15) is 0 Å². The summed E-state index contributed by atoms with van der Waals surface area (Å²) in [4.78, 5) is 10.1. The number of hydrogen-bond donors (Lipinski definition) is 0. The number of hydrogen-bond acceptors (Lipinski definition) is 4. The summed E-state index contributed by atoms with van der Waals surface area (Å²) in [6.45, 7) is 0. The van der Waals surface area contributed by atoms with Crippen molar-refractivity contribution in [2.75, 3.05) is 7.05 Å². The second kappa shape index (κ2) is 5.88. The second-order valence-electron chi connectivity index (χ2n) is 5.04. The van der Waals surface area contributed by atoms with Crippen molar-refractivity contribution in [2.24, 2.45) is 0 Å². The molecule has 0 bridgehead atoms. The van der Waals surface area contributed by atoms with Gasteiger partial charge in [0.2, 0.25) is 10.0 Å². The van der Waals surface area contributed by atoms with Crippen molar-refractivity contribution in [3.05, 3.63) is 34.4 Å². The largest absolute Gasteiger partial charge is 0.289 e. The first-order valence-electron chi connectivity index (χ1n) is 6.66. The molecule has 20 heavy (non-hydrogen) atoms. The summed E-state index contributed by atoms with van der Waals surface area (Å²) in [6.07, 6.45) is 4.76. The first-order valence-corrected chi connectivity index (χ1v) is 8.10. The average molecular weight is 298 g/mol. The van der Waals surface area contributed by atoms with Crippen LogP contribution in [0, 0.1) is 10.1 Å². The Morgan fingerprint density at radius 2 is 1.80 bits per heavy atom. The quantitative estimate of drug-likeness (QED) is 0.632. The van der Waals surface area contributed by atoms with E-state index in [0.717, 1.165) is 32.1 Å². The third kappa shape index (κ3) is 2.83. The van der Waals surface area contributed by atoms with Crippen LogP contribution in [0.2, 0.25) is 0 Å². The number of nitro groups is 1. The lowest BCUT2D eigenvalue weighted by atomic mass is 9.96. The molecule has 0 aromatic heterocycles. The van der Waals surface area contributed by atoms with Gasteiger partial charge < -0.3 is 0 Å². The fraction of sp³-hybridized carbons (Fsp3) is 0.538. The second-order valence-corrected chi connectivity index (χ2v) is 7.00. The summed E-state index contributed by atoms with van der Waals surface area (Å²) in [7, 11) is -2.31. The minimum atomic E-state index is -3.82. The van der Waals surface area contributed by atoms with Crippen molar-refractivity contribution in [1.29, 1.82) is 0 Å². The predicted octanol–water partition coefficient (Wildman–Crippen LogP) is 2.55. The molecule has 0 N–H and O–H groups in total. The van der Waals surface area contributed by atoms with Crippen LogP contribution >= 0.6 is 0 Å². The fourth-order valence-electron chi connectivity index (χ4n) is 2.62. The lowest BCUT2D eigenvalue weighted by Crippen LogP contribution is -2.38. The standard InChI is InChI=1S/C13H18N2O4S/c1-14(11-7-3-2-4-8-11)20(18,19)13-10-6-5-9-12(13)15(16)17/h5-6,9-11H,2-4,7-8H2,1H3. The summed E-state index contributed by atoms with van der Waals surface area (Å²) < 4.78 is 26.5. The van der Waals surface area contributed by atoms with Crippen LogP contribution in [0.4, 0.5) is 5.69 Å². The molecule has 0 unspecified atom stereocenters. The Morgan fingerprint density at radius 1 is 1.20 bits per heavy atom. The van der Waals surface area contributed by atoms with E-state index >= 15 is 0 Å². The van der Waals surface area contributed by atoms with Gasteiger partial charge in [-0.05, 0) is 18.9 Å². The smallest absolute Gasteiger partial charge is 0.258 e. The molecule has 0 atom stereocenters. The van der Waals surface area contributed by atoms with Crippen LogP contribution in [0.25, 0.3) is 0 Å². The number of sulfonamides is 1. The highest BCUT2D eigenvalue weighted by molar-refractivity contribution is 7.89. The van der Waals surface area contributed by atoms with E-state index in [1.807, 2.05) is 0 Å². The summed E-state index contributed by atoms with van der Waals surface area (Å²) >= 11 is 0. The Labute approximate surface area is 118 Å². The summed E-state index contributed by atoms with van der Waals surface area (Å²) in [6, 6.07) is 5.44. The molecule has 7 heteroatoms. The van der Waals surface area contributed by atoms with Crippen molar-refractivity contribution in [1.82, 2.24) is 4.31 Å². The van der Waals surface area contributed by atoms with Gasteiger partial charge in [0, 0.05) is 19.2 Å². The zero-order valence-electron chi connectivity index (χ0n) is 11.4. The highest BCUT2D eigenvalue weighted by atomic mass is 32.2. The molecule has 0 aliphatic heterocycles. The highest BCUT2D eigenvalue weighted by Gasteiger charge is 2.33. The summed E-state index contributed by atoms with van der Waals surface area (Å²) in [5.74, 6) is 0. The molecule has 1 aromatic rings. The number of para-hydroxylation sites is 1. The maximum atomic E-state index is 12.6. The van der Waals surface area contributed by atoms with Crippen LogP contribution in [0.3, 0.4) is 0 Å². The fourth-order valence-corrected chi connectivity index (χ4v) is 4.19. The lowest BCUT2D eigenvalue weighted by Gasteiger charge is -2.30. The van der Waals surface area contributed by atoms with E-state index in [0.29, 0.717) is 0 Å². The molecule has 0 spiro atoms. The minimum Gasteiger partial charge on any atom is -0.258 e. The molecule has 0 amide bonds. The molecular formula is C13H18N2O4S. The Bertz CT molecular complexity index is 594. The van der Waals surface area contributed by atoms with Gasteiger partial charge in [0.25, 0.3) is 5.69 Å². The first kappa shape index (κ1) is 14.9. The Morgan fingerprint density at radius 3 is 2.40 bits per heavy atom. The SMILES string of the molecule is CN(C1CCCCC1)S(=O)(=O)c1ccccc1[N+](=O)[O-]. The molecule has 6 nitrogen and oxygen atoms in total. The van der Waals surface area contributed by atoms with Gasteiger partial charge in [-0.3, -0.25) is 10.1 Å². The van der Waals surface area contributed by atoms with E-state index in [1.54, 1.807) is 0 Å². The Balaban J connectivity index is 2.37. The molecule has 1 aromatic carbocycles. The zero-order valence-corrected chi connectivity index (χ0v) is 12.2. The normalized spacial score (nSPS) is 17.3. The summed E-state index contributed by atoms with van der Waals surface area (Å²) in [5.41, 5.74) is -0.366. The molecule has 1 fully saturated rings. The van der Waals surface area contributed by atoms with Crippen molar-refractivity contribution in [2.45, 2.75) is 43.0 Å². The van der Waals surface area contributed by atoms with Gasteiger partial charge in [-0.25, -0.2) is 8.42 Å².